The fourth-order valence-electron chi connectivity index (χ4n) is 2.01. The second-order valence-electron chi connectivity index (χ2n) is 6.19. The molecule has 0 spiro atoms. The predicted octanol–water partition coefficient (Wildman–Crippen LogP) is 2.10. The number of aromatic nitrogens is 3. The maximum Gasteiger partial charge on any atom is 0.407 e. The molecule has 7 nitrogen and oxygen atoms in total. The molecule has 8 heteroatoms. The molecule has 0 atom stereocenters. The second-order valence-corrected chi connectivity index (χ2v) is 6.19. The zero-order valence-corrected chi connectivity index (χ0v) is 13.9. The van der Waals surface area contributed by atoms with Crippen molar-refractivity contribution in [2.24, 2.45) is 0 Å². The Bertz CT molecular complexity index is 692. The van der Waals surface area contributed by atoms with Gasteiger partial charge in [0.25, 0.3) is 0 Å². The standard InChI is InChI=1S/C16H21FN4O3/c1-16(2,3)24-15(23)18-6-7-21-12(10-22)8-14(20-21)13-5-4-11(17)9-19-13/h4-5,8-9,22H,6-7,10H2,1-3H3,(H,18,23). The van der Waals surface area contributed by atoms with Crippen molar-refractivity contribution in [3.63, 3.8) is 0 Å². The lowest BCUT2D eigenvalue weighted by Crippen LogP contribution is -2.34. The number of nitrogens with one attached hydrogen (secondary N) is 1. The molecule has 2 rings (SSSR count). The molecule has 24 heavy (non-hydrogen) atoms. The second kappa shape index (κ2) is 7.39. The van der Waals surface area contributed by atoms with Crippen molar-refractivity contribution in [2.45, 2.75) is 39.5 Å². The van der Waals surface area contributed by atoms with E-state index in [4.69, 9.17) is 4.74 Å². The molecular weight excluding hydrogens is 315 g/mol. The number of aliphatic hydroxyl groups excluding tert-OH is 1. The highest BCUT2D eigenvalue weighted by Crippen LogP contribution is 2.17. The van der Waals surface area contributed by atoms with Crippen LogP contribution in [-0.2, 0) is 17.9 Å². The number of amides is 1. The number of nitrogens with zero attached hydrogens (tertiary/aromatic N) is 3. The van der Waals surface area contributed by atoms with E-state index in [2.05, 4.69) is 15.4 Å². The van der Waals surface area contributed by atoms with Gasteiger partial charge in [0.15, 0.2) is 0 Å². The summed E-state index contributed by atoms with van der Waals surface area (Å²) < 4.78 is 19.6. The zero-order chi connectivity index (χ0) is 17.7. The normalized spacial score (nSPS) is 11.4. The quantitative estimate of drug-likeness (QED) is 0.873. The Labute approximate surface area is 139 Å². The molecule has 0 bridgehead atoms. The van der Waals surface area contributed by atoms with Gasteiger partial charge in [-0.25, -0.2) is 9.18 Å². The highest BCUT2D eigenvalue weighted by atomic mass is 19.1. The highest BCUT2D eigenvalue weighted by molar-refractivity contribution is 5.67. The number of pyridine rings is 1. The third-order valence-corrected chi connectivity index (χ3v) is 3.01. The Morgan fingerprint density at radius 3 is 2.71 bits per heavy atom. The van der Waals surface area contributed by atoms with Gasteiger partial charge in [0.2, 0.25) is 0 Å². The Morgan fingerprint density at radius 2 is 2.12 bits per heavy atom. The molecule has 2 N–H and O–H groups in total. The summed E-state index contributed by atoms with van der Waals surface area (Å²) in [6, 6.07) is 4.49. The average molecular weight is 336 g/mol. The van der Waals surface area contributed by atoms with Crippen LogP contribution in [0.25, 0.3) is 11.4 Å². The number of hydrogen-bond donors (Lipinski definition) is 2. The van der Waals surface area contributed by atoms with Crippen LogP contribution >= 0.6 is 0 Å². The SMILES string of the molecule is CC(C)(C)OC(=O)NCCn1nc(-c2ccc(F)cn2)cc1CO. The molecule has 0 saturated heterocycles. The van der Waals surface area contributed by atoms with Crippen molar-refractivity contribution in [1.82, 2.24) is 20.1 Å². The Morgan fingerprint density at radius 1 is 1.38 bits per heavy atom. The van der Waals surface area contributed by atoms with Crippen LogP contribution in [0.4, 0.5) is 9.18 Å². The molecule has 130 valence electrons. The van der Waals surface area contributed by atoms with E-state index in [1.807, 2.05) is 0 Å². The fraction of sp³-hybridized carbons (Fsp3) is 0.438. The predicted molar refractivity (Wildman–Crippen MR) is 85.6 cm³/mol. The first-order valence-electron chi connectivity index (χ1n) is 7.55. The van der Waals surface area contributed by atoms with Gasteiger partial charge in [0.05, 0.1) is 30.7 Å². The minimum Gasteiger partial charge on any atom is -0.444 e. The number of carbonyl (C=O) groups is 1. The molecule has 2 heterocycles. The fourth-order valence-corrected chi connectivity index (χ4v) is 2.01. The van der Waals surface area contributed by atoms with Gasteiger partial charge in [0.1, 0.15) is 17.1 Å². The first kappa shape index (κ1) is 17.9. The van der Waals surface area contributed by atoms with Crippen LogP contribution in [0.5, 0.6) is 0 Å². The summed E-state index contributed by atoms with van der Waals surface area (Å²) >= 11 is 0. The van der Waals surface area contributed by atoms with Gasteiger partial charge in [-0.15, -0.1) is 0 Å². The van der Waals surface area contributed by atoms with Crippen molar-refractivity contribution in [2.75, 3.05) is 6.54 Å². The van der Waals surface area contributed by atoms with Crippen molar-refractivity contribution in [3.8, 4) is 11.4 Å². The molecule has 0 unspecified atom stereocenters. The van der Waals surface area contributed by atoms with E-state index in [1.54, 1.807) is 31.5 Å². The molecule has 0 aliphatic rings. The Kier molecular flexibility index (Phi) is 5.50. The third kappa shape index (κ3) is 5.02. The van der Waals surface area contributed by atoms with Crippen LogP contribution in [0.15, 0.2) is 24.4 Å². The van der Waals surface area contributed by atoms with Crippen molar-refractivity contribution >= 4 is 6.09 Å². The van der Waals surface area contributed by atoms with Crippen molar-refractivity contribution in [1.29, 1.82) is 0 Å². The first-order chi connectivity index (χ1) is 11.3. The van der Waals surface area contributed by atoms with E-state index in [1.165, 1.54) is 12.1 Å². The molecule has 0 saturated carbocycles. The van der Waals surface area contributed by atoms with Gasteiger partial charge < -0.3 is 15.2 Å². The molecule has 1 amide bonds. The Hall–Kier alpha value is -2.48. The van der Waals surface area contributed by atoms with Gasteiger partial charge in [-0.05, 0) is 39.0 Å². The average Bonchev–Trinajstić information content (AvgIpc) is 2.89. The molecule has 2 aromatic heterocycles. The van der Waals surface area contributed by atoms with Crippen molar-refractivity contribution < 1.29 is 19.0 Å². The molecular formula is C16H21FN4O3. The van der Waals surface area contributed by atoms with Crippen LogP contribution in [-0.4, -0.2) is 38.1 Å². The molecule has 2 aromatic rings. The van der Waals surface area contributed by atoms with Crippen LogP contribution in [0.2, 0.25) is 0 Å². The van der Waals surface area contributed by atoms with Gasteiger partial charge in [-0.3, -0.25) is 9.67 Å². The van der Waals surface area contributed by atoms with Gasteiger partial charge >= 0.3 is 6.09 Å². The molecule has 0 radical (unpaired) electrons. The summed E-state index contributed by atoms with van der Waals surface area (Å²) in [6.07, 6.45) is 0.595. The lowest BCUT2D eigenvalue weighted by molar-refractivity contribution is 0.0525. The summed E-state index contributed by atoms with van der Waals surface area (Å²) in [5.74, 6) is -0.429. The number of alkyl carbamates (subject to hydrolysis) is 1. The maximum absolute atomic E-state index is 12.9. The lowest BCUT2D eigenvalue weighted by Gasteiger charge is -2.19. The molecule has 0 aromatic carbocycles. The summed E-state index contributed by atoms with van der Waals surface area (Å²) in [7, 11) is 0. The smallest absolute Gasteiger partial charge is 0.407 e. The van der Waals surface area contributed by atoms with Gasteiger partial charge in [-0.2, -0.15) is 5.10 Å². The molecule has 0 aliphatic heterocycles. The monoisotopic (exact) mass is 336 g/mol. The molecule has 0 fully saturated rings. The minimum atomic E-state index is -0.562. The van der Waals surface area contributed by atoms with Gasteiger partial charge in [0, 0.05) is 6.54 Å². The number of carbonyl (C=O) groups excluding carboxylic acids is 1. The number of rotatable bonds is 5. The largest absolute Gasteiger partial charge is 0.444 e. The molecule has 0 aliphatic carbocycles. The summed E-state index contributed by atoms with van der Waals surface area (Å²) in [5.41, 5.74) is 1.04. The lowest BCUT2D eigenvalue weighted by atomic mass is 10.2. The third-order valence-electron chi connectivity index (χ3n) is 3.01. The number of halogens is 1. The van der Waals surface area contributed by atoms with Crippen LogP contribution in [0.3, 0.4) is 0 Å². The highest BCUT2D eigenvalue weighted by Gasteiger charge is 2.16. The topological polar surface area (TPSA) is 89.3 Å². The number of aliphatic hydroxyl groups is 1. The van der Waals surface area contributed by atoms with E-state index in [9.17, 15) is 14.3 Å². The summed E-state index contributed by atoms with van der Waals surface area (Å²) in [6.45, 7) is 5.79. The van der Waals surface area contributed by atoms with E-state index in [0.717, 1.165) is 6.20 Å². The maximum atomic E-state index is 12.9. The van der Waals surface area contributed by atoms with Crippen LogP contribution in [0.1, 0.15) is 26.5 Å². The van der Waals surface area contributed by atoms with Crippen LogP contribution in [0, 0.1) is 5.82 Å². The van der Waals surface area contributed by atoms with Crippen LogP contribution < -0.4 is 5.32 Å². The van der Waals surface area contributed by atoms with Gasteiger partial charge in [-0.1, -0.05) is 0 Å². The zero-order valence-electron chi connectivity index (χ0n) is 13.9. The van der Waals surface area contributed by atoms with E-state index in [0.29, 0.717) is 30.2 Å². The van der Waals surface area contributed by atoms with E-state index >= 15 is 0 Å². The summed E-state index contributed by atoms with van der Waals surface area (Å²) in [4.78, 5) is 15.6. The first-order valence-corrected chi connectivity index (χ1v) is 7.55. The Balaban J connectivity index is 2.00. The van der Waals surface area contributed by atoms with E-state index in [-0.39, 0.29) is 6.61 Å². The number of hydrogen-bond acceptors (Lipinski definition) is 5. The van der Waals surface area contributed by atoms with E-state index < -0.39 is 17.5 Å². The minimum absolute atomic E-state index is 0.208. The summed E-state index contributed by atoms with van der Waals surface area (Å²) in [5, 5.41) is 16.4. The van der Waals surface area contributed by atoms with Crippen molar-refractivity contribution in [3.05, 3.63) is 35.9 Å². The number of ether oxygens (including phenoxy) is 1.